The predicted molar refractivity (Wildman–Crippen MR) is 104 cm³/mol. The average molecular weight is 335 g/mol. The van der Waals surface area contributed by atoms with Crippen LogP contribution in [0.4, 0.5) is 5.13 Å². The Morgan fingerprint density at radius 2 is 1.71 bits per heavy atom. The Kier molecular flexibility index (Phi) is 4.76. The molecule has 3 aromatic rings. The summed E-state index contributed by atoms with van der Waals surface area (Å²) in [4.78, 5) is 4.55. The molecule has 1 N–H and O–H groups in total. The molecule has 0 aliphatic heterocycles. The minimum absolute atomic E-state index is 0.169. The summed E-state index contributed by atoms with van der Waals surface area (Å²) in [6.45, 7) is 6.64. The largest absolute Gasteiger partial charge is 0.253 e. The number of hydrazone groups is 1. The first-order chi connectivity index (χ1) is 11.5. The normalized spacial score (nSPS) is 11.8. The van der Waals surface area contributed by atoms with Crippen LogP contribution in [0.3, 0.4) is 0 Å². The van der Waals surface area contributed by atoms with Gasteiger partial charge in [-0.05, 0) is 16.5 Å². The van der Waals surface area contributed by atoms with Crippen LogP contribution < -0.4 is 5.43 Å². The van der Waals surface area contributed by atoms with Crippen LogP contribution in [0.25, 0.3) is 11.3 Å². The molecule has 0 fully saturated rings. The molecule has 3 rings (SSSR count). The third-order valence-corrected chi connectivity index (χ3v) is 4.47. The Hall–Kier alpha value is -2.46. The molecule has 0 aliphatic carbocycles. The summed E-state index contributed by atoms with van der Waals surface area (Å²) in [5.74, 6) is 0. The smallest absolute Gasteiger partial charge is 0.203 e. The Labute approximate surface area is 147 Å². The molecule has 0 radical (unpaired) electrons. The molecule has 122 valence electrons. The number of rotatable bonds is 4. The maximum Gasteiger partial charge on any atom is 0.203 e. The zero-order valence-corrected chi connectivity index (χ0v) is 15.0. The van der Waals surface area contributed by atoms with Crippen LogP contribution in [0, 0.1) is 0 Å². The van der Waals surface area contributed by atoms with Crippen molar-refractivity contribution in [3.05, 3.63) is 71.1 Å². The maximum atomic E-state index is 4.55. The van der Waals surface area contributed by atoms with E-state index in [2.05, 4.69) is 72.7 Å². The molecule has 0 bridgehead atoms. The fourth-order valence-corrected chi connectivity index (χ4v) is 2.97. The van der Waals surface area contributed by atoms with E-state index < -0.39 is 0 Å². The number of benzene rings is 2. The highest BCUT2D eigenvalue weighted by Crippen LogP contribution is 2.24. The number of nitrogens with one attached hydrogen (secondary N) is 1. The first kappa shape index (κ1) is 16.4. The lowest BCUT2D eigenvalue weighted by Gasteiger charge is -2.18. The second-order valence-electron chi connectivity index (χ2n) is 6.65. The van der Waals surface area contributed by atoms with Crippen molar-refractivity contribution in [1.82, 2.24) is 4.98 Å². The van der Waals surface area contributed by atoms with E-state index in [1.54, 1.807) is 11.3 Å². The Morgan fingerprint density at radius 3 is 2.38 bits per heavy atom. The molecule has 2 aromatic carbocycles. The van der Waals surface area contributed by atoms with Crippen molar-refractivity contribution < 1.29 is 0 Å². The average Bonchev–Trinajstić information content (AvgIpc) is 3.04. The van der Waals surface area contributed by atoms with Gasteiger partial charge in [0.05, 0.1) is 11.9 Å². The standard InChI is InChI=1S/C20H21N3S/c1-20(2,3)17-11-9-15(10-12-17)13-21-23-19-22-18(14-24-19)16-7-5-4-6-8-16/h4-14H,1-3H3,(H,22,23). The first-order valence-corrected chi connectivity index (χ1v) is 8.81. The lowest BCUT2D eigenvalue weighted by molar-refractivity contribution is 0.590. The lowest BCUT2D eigenvalue weighted by Crippen LogP contribution is -2.10. The molecular formula is C20H21N3S. The molecule has 0 saturated carbocycles. The molecule has 3 nitrogen and oxygen atoms in total. The SMILES string of the molecule is CC(C)(C)c1ccc(C=NNc2nc(-c3ccccc3)cs2)cc1. The number of hydrogen-bond donors (Lipinski definition) is 1. The number of anilines is 1. The second-order valence-corrected chi connectivity index (χ2v) is 7.50. The summed E-state index contributed by atoms with van der Waals surface area (Å²) >= 11 is 1.55. The number of thiazole rings is 1. The highest BCUT2D eigenvalue weighted by molar-refractivity contribution is 7.14. The number of aromatic nitrogens is 1. The van der Waals surface area contributed by atoms with Crippen LogP contribution in [0.15, 0.2) is 65.1 Å². The second kappa shape index (κ2) is 6.97. The maximum absolute atomic E-state index is 4.55. The predicted octanol–water partition coefficient (Wildman–Crippen LogP) is 5.55. The van der Waals surface area contributed by atoms with Gasteiger partial charge in [0.25, 0.3) is 0 Å². The molecule has 0 unspecified atom stereocenters. The molecule has 0 aliphatic rings. The summed E-state index contributed by atoms with van der Waals surface area (Å²) in [7, 11) is 0. The zero-order chi connectivity index (χ0) is 17.0. The van der Waals surface area contributed by atoms with Crippen LogP contribution in [0.2, 0.25) is 0 Å². The summed E-state index contributed by atoms with van der Waals surface area (Å²) < 4.78 is 0. The van der Waals surface area contributed by atoms with Crippen molar-refractivity contribution in [2.75, 3.05) is 5.43 Å². The molecule has 1 heterocycles. The van der Waals surface area contributed by atoms with Crippen molar-refractivity contribution in [3.8, 4) is 11.3 Å². The van der Waals surface area contributed by atoms with Gasteiger partial charge < -0.3 is 0 Å². The summed E-state index contributed by atoms with van der Waals surface area (Å²) in [6, 6.07) is 18.6. The van der Waals surface area contributed by atoms with E-state index in [1.165, 1.54) is 5.56 Å². The fourth-order valence-electron chi connectivity index (χ4n) is 2.30. The summed E-state index contributed by atoms with van der Waals surface area (Å²) in [6.07, 6.45) is 1.82. The molecule has 0 spiro atoms. The van der Waals surface area contributed by atoms with Crippen LogP contribution in [0.1, 0.15) is 31.9 Å². The summed E-state index contributed by atoms with van der Waals surface area (Å²) in [5, 5.41) is 7.11. The molecular weight excluding hydrogens is 314 g/mol. The van der Waals surface area contributed by atoms with E-state index in [-0.39, 0.29) is 5.41 Å². The van der Waals surface area contributed by atoms with Crippen molar-refractivity contribution in [3.63, 3.8) is 0 Å². The van der Waals surface area contributed by atoms with E-state index in [0.717, 1.165) is 22.0 Å². The van der Waals surface area contributed by atoms with Crippen molar-refractivity contribution >= 4 is 22.7 Å². The van der Waals surface area contributed by atoms with Gasteiger partial charge in [0.1, 0.15) is 0 Å². The number of hydrogen-bond acceptors (Lipinski definition) is 4. The molecule has 0 saturated heterocycles. The highest BCUT2D eigenvalue weighted by atomic mass is 32.1. The Bertz CT molecular complexity index is 812. The van der Waals surface area contributed by atoms with Crippen LogP contribution in [-0.2, 0) is 5.41 Å². The third-order valence-electron chi connectivity index (χ3n) is 3.72. The van der Waals surface area contributed by atoms with Crippen LogP contribution >= 0.6 is 11.3 Å². The minimum atomic E-state index is 0.169. The molecule has 4 heteroatoms. The molecule has 0 atom stereocenters. The highest BCUT2D eigenvalue weighted by Gasteiger charge is 2.12. The van der Waals surface area contributed by atoms with Crippen LogP contribution in [0.5, 0.6) is 0 Å². The van der Waals surface area contributed by atoms with E-state index >= 15 is 0 Å². The van der Waals surface area contributed by atoms with Gasteiger partial charge in [-0.3, -0.25) is 5.43 Å². The summed E-state index contributed by atoms with van der Waals surface area (Å²) in [5.41, 5.74) is 7.64. The number of nitrogens with zero attached hydrogens (tertiary/aromatic N) is 2. The quantitative estimate of drug-likeness (QED) is 0.501. The van der Waals surface area contributed by atoms with Gasteiger partial charge in [-0.25, -0.2) is 4.98 Å². The van der Waals surface area contributed by atoms with Gasteiger partial charge in [0, 0.05) is 10.9 Å². The monoisotopic (exact) mass is 335 g/mol. The molecule has 24 heavy (non-hydrogen) atoms. The topological polar surface area (TPSA) is 37.3 Å². The van der Waals surface area contributed by atoms with Gasteiger partial charge in [0.15, 0.2) is 0 Å². The first-order valence-electron chi connectivity index (χ1n) is 7.93. The van der Waals surface area contributed by atoms with Gasteiger partial charge in [0.2, 0.25) is 5.13 Å². The van der Waals surface area contributed by atoms with Crippen molar-refractivity contribution in [2.45, 2.75) is 26.2 Å². The molecule has 1 aromatic heterocycles. The van der Waals surface area contributed by atoms with E-state index in [4.69, 9.17) is 0 Å². The lowest BCUT2D eigenvalue weighted by atomic mass is 9.87. The minimum Gasteiger partial charge on any atom is -0.253 e. The van der Waals surface area contributed by atoms with Crippen LogP contribution in [-0.4, -0.2) is 11.2 Å². The fraction of sp³-hybridized carbons (Fsp3) is 0.200. The van der Waals surface area contributed by atoms with E-state index in [0.29, 0.717) is 0 Å². The zero-order valence-electron chi connectivity index (χ0n) is 14.2. The van der Waals surface area contributed by atoms with Gasteiger partial charge in [-0.1, -0.05) is 75.4 Å². The van der Waals surface area contributed by atoms with E-state index in [1.807, 2.05) is 29.8 Å². The Balaban J connectivity index is 1.64. The van der Waals surface area contributed by atoms with Gasteiger partial charge >= 0.3 is 0 Å². The van der Waals surface area contributed by atoms with Crippen molar-refractivity contribution in [2.24, 2.45) is 5.10 Å². The van der Waals surface area contributed by atoms with Gasteiger partial charge in [-0.2, -0.15) is 5.10 Å². The van der Waals surface area contributed by atoms with Gasteiger partial charge in [-0.15, -0.1) is 11.3 Å². The third kappa shape index (κ3) is 4.09. The van der Waals surface area contributed by atoms with Crippen molar-refractivity contribution in [1.29, 1.82) is 0 Å². The van der Waals surface area contributed by atoms with E-state index in [9.17, 15) is 0 Å². The molecule has 0 amide bonds. The Morgan fingerprint density at radius 1 is 1.00 bits per heavy atom.